The van der Waals surface area contributed by atoms with Crippen molar-refractivity contribution >= 4 is 45.9 Å². The van der Waals surface area contributed by atoms with Crippen LogP contribution in [-0.2, 0) is 0 Å². The zero-order valence-electron chi connectivity index (χ0n) is 14.1. The molecule has 28 heavy (non-hydrogen) atoms. The van der Waals surface area contributed by atoms with E-state index in [0.717, 1.165) is 11.1 Å². The van der Waals surface area contributed by atoms with Gasteiger partial charge < -0.3 is 9.52 Å². The summed E-state index contributed by atoms with van der Waals surface area (Å²) < 4.78 is 5.68. The number of ketones is 1. The Morgan fingerprint density at radius 3 is 2.50 bits per heavy atom. The van der Waals surface area contributed by atoms with E-state index in [9.17, 15) is 14.7 Å². The number of aromatic carboxylic acids is 1. The number of pyridine rings is 1. The Labute approximate surface area is 169 Å². The van der Waals surface area contributed by atoms with Crippen LogP contribution in [0.15, 0.2) is 65.3 Å². The normalized spacial score (nSPS) is 10.9. The van der Waals surface area contributed by atoms with Crippen LogP contribution >= 0.6 is 23.2 Å². The fraction of sp³-hybridized carbons (Fsp3) is 0. The minimum atomic E-state index is -1.26. The summed E-state index contributed by atoms with van der Waals surface area (Å²) in [5, 5.41) is 10.5. The molecule has 0 amide bonds. The van der Waals surface area contributed by atoms with Crippen molar-refractivity contribution in [2.75, 3.05) is 0 Å². The number of halogens is 2. The van der Waals surface area contributed by atoms with Crippen LogP contribution in [-0.4, -0.2) is 21.8 Å². The van der Waals surface area contributed by atoms with Crippen molar-refractivity contribution in [3.05, 3.63) is 87.9 Å². The van der Waals surface area contributed by atoms with Gasteiger partial charge in [-0.1, -0.05) is 35.3 Å². The van der Waals surface area contributed by atoms with Gasteiger partial charge in [0.15, 0.2) is 5.76 Å². The molecule has 0 saturated carbocycles. The van der Waals surface area contributed by atoms with Gasteiger partial charge in [-0.05, 0) is 42.0 Å². The molecule has 0 aliphatic rings. The number of carboxylic acids is 1. The second-order valence-corrected chi connectivity index (χ2v) is 6.86. The maximum Gasteiger partial charge on any atom is 0.340 e. The Morgan fingerprint density at radius 1 is 1.00 bits per heavy atom. The molecule has 2 heterocycles. The summed E-state index contributed by atoms with van der Waals surface area (Å²) in [4.78, 5) is 28.9. The summed E-state index contributed by atoms with van der Waals surface area (Å²) in [6, 6.07) is 13.1. The van der Waals surface area contributed by atoms with Gasteiger partial charge in [0, 0.05) is 33.9 Å². The van der Waals surface area contributed by atoms with Gasteiger partial charge in [0.05, 0.1) is 5.02 Å². The molecule has 0 bridgehead atoms. The van der Waals surface area contributed by atoms with Gasteiger partial charge in [-0.15, -0.1) is 0 Å². The minimum Gasteiger partial charge on any atom is -0.478 e. The standard InChI is InChI=1S/C21H11Cl2NO4/c22-13-4-6-14(16(23)9-13)19(25)20-18(21(26)27)15-5-3-11(8-17(15)28-20)12-2-1-7-24-10-12/h1-10H,(H,26,27). The SMILES string of the molecule is O=C(c1ccc(Cl)cc1Cl)c1oc2cc(-c3cccnc3)ccc2c1C(=O)O. The van der Waals surface area contributed by atoms with Crippen molar-refractivity contribution in [2.24, 2.45) is 0 Å². The van der Waals surface area contributed by atoms with E-state index in [1.807, 2.05) is 6.07 Å². The lowest BCUT2D eigenvalue weighted by atomic mass is 10.0. The minimum absolute atomic E-state index is 0.111. The predicted octanol–water partition coefficient (Wildman–Crippen LogP) is 5.73. The van der Waals surface area contributed by atoms with Crippen LogP contribution < -0.4 is 0 Å². The highest BCUT2D eigenvalue weighted by atomic mass is 35.5. The molecule has 0 unspecified atom stereocenters. The number of nitrogens with zero attached hydrogens (tertiary/aromatic N) is 1. The second kappa shape index (κ2) is 7.11. The lowest BCUT2D eigenvalue weighted by Crippen LogP contribution is -2.07. The van der Waals surface area contributed by atoms with E-state index in [0.29, 0.717) is 10.4 Å². The summed E-state index contributed by atoms with van der Waals surface area (Å²) in [5.74, 6) is -2.17. The van der Waals surface area contributed by atoms with Crippen LogP contribution in [0.1, 0.15) is 26.5 Å². The largest absolute Gasteiger partial charge is 0.478 e. The van der Waals surface area contributed by atoms with Gasteiger partial charge in [0.2, 0.25) is 5.78 Å². The van der Waals surface area contributed by atoms with E-state index in [-0.39, 0.29) is 27.5 Å². The molecule has 0 aliphatic heterocycles. The van der Waals surface area contributed by atoms with Crippen LogP contribution in [0.4, 0.5) is 0 Å². The number of carbonyl (C=O) groups excluding carboxylic acids is 1. The van der Waals surface area contributed by atoms with Crippen molar-refractivity contribution in [1.82, 2.24) is 4.98 Å². The van der Waals surface area contributed by atoms with Crippen molar-refractivity contribution in [3.8, 4) is 11.1 Å². The van der Waals surface area contributed by atoms with E-state index in [1.165, 1.54) is 18.2 Å². The molecule has 1 N–H and O–H groups in total. The Kier molecular flexibility index (Phi) is 4.63. The fourth-order valence-electron chi connectivity index (χ4n) is 2.98. The van der Waals surface area contributed by atoms with Gasteiger partial charge >= 0.3 is 5.97 Å². The molecule has 4 aromatic rings. The summed E-state index contributed by atoms with van der Waals surface area (Å²) >= 11 is 12.0. The summed E-state index contributed by atoms with van der Waals surface area (Å²) in [6.45, 7) is 0. The zero-order valence-corrected chi connectivity index (χ0v) is 15.7. The number of hydrogen-bond acceptors (Lipinski definition) is 4. The van der Waals surface area contributed by atoms with Gasteiger partial charge in [-0.3, -0.25) is 9.78 Å². The number of aromatic nitrogens is 1. The molecule has 0 atom stereocenters. The molecular formula is C21H11Cl2NO4. The van der Waals surface area contributed by atoms with E-state index < -0.39 is 11.8 Å². The second-order valence-electron chi connectivity index (χ2n) is 6.02. The quantitative estimate of drug-likeness (QED) is 0.433. The fourth-order valence-corrected chi connectivity index (χ4v) is 3.47. The number of benzene rings is 2. The van der Waals surface area contributed by atoms with Crippen LogP contribution in [0.5, 0.6) is 0 Å². The Bertz CT molecular complexity index is 1230. The molecule has 0 spiro atoms. The van der Waals surface area contributed by atoms with E-state index >= 15 is 0 Å². The van der Waals surface area contributed by atoms with Gasteiger partial charge in [0.25, 0.3) is 0 Å². The predicted molar refractivity (Wildman–Crippen MR) is 106 cm³/mol. The van der Waals surface area contributed by atoms with Crippen molar-refractivity contribution < 1.29 is 19.1 Å². The Hall–Kier alpha value is -3.15. The van der Waals surface area contributed by atoms with Crippen LogP contribution in [0.3, 0.4) is 0 Å². The molecule has 0 saturated heterocycles. The average Bonchev–Trinajstić information content (AvgIpc) is 3.07. The van der Waals surface area contributed by atoms with Crippen molar-refractivity contribution in [2.45, 2.75) is 0 Å². The summed E-state index contributed by atoms with van der Waals surface area (Å²) in [6.07, 6.45) is 3.34. The number of furan rings is 1. The van der Waals surface area contributed by atoms with Crippen molar-refractivity contribution in [3.63, 3.8) is 0 Å². The molecule has 2 aromatic heterocycles. The van der Waals surface area contributed by atoms with Gasteiger partial charge in [-0.25, -0.2) is 4.79 Å². The Balaban J connectivity index is 1.89. The third-order valence-electron chi connectivity index (χ3n) is 4.28. The van der Waals surface area contributed by atoms with Gasteiger partial charge in [0.1, 0.15) is 11.1 Å². The summed E-state index contributed by atoms with van der Waals surface area (Å²) in [7, 11) is 0. The molecule has 7 heteroatoms. The maximum absolute atomic E-state index is 12.9. The van der Waals surface area contributed by atoms with E-state index in [4.69, 9.17) is 27.6 Å². The molecule has 5 nitrogen and oxygen atoms in total. The molecule has 2 aromatic carbocycles. The molecule has 0 aliphatic carbocycles. The van der Waals surface area contributed by atoms with E-state index in [2.05, 4.69) is 4.98 Å². The highest BCUT2D eigenvalue weighted by Crippen LogP contribution is 2.33. The number of carboxylic acid groups (broad SMARTS) is 1. The number of rotatable bonds is 4. The van der Waals surface area contributed by atoms with Crippen LogP contribution in [0.2, 0.25) is 10.0 Å². The smallest absolute Gasteiger partial charge is 0.340 e. The summed E-state index contributed by atoms with van der Waals surface area (Å²) in [5.41, 5.74) is 1.82. The topological polar surface area (TPSA) is 80.4 Å². The zero-order chi connectivity index (χ0) is 19.8. The van der Waals surface area contributed by atoms with Gasteiger partial charge in [-0.2, -0.15) is 0 Å². The highest BCUT2D eigenvalue weighted by molar-refractivity contribution is 6.37. The third-order valence-corrected chi connectivity index (χ3v) is 4.83. The Morgan fingerprint density at radius 2 is 1.82 bits per heavy atom. The van der Waals surface area contributed by atoms with E-state index in [1.54, 1.807) is 36.7 Å². The molecule has 0 fully saturated rings. The average molecular weight is 412 g/mol. The third kappa shape index (κ3) is 3.15. The molecule has 4 rings (SSSR count). The number of fused-ring (bicyclic) bond motifs is 1. The van der Waals surface area contributed by atoms with Crippen LogP contribution in [0.25, 0.3) is 22.1 Å². The molecular weight excluding hydrogens is 401 g/mol. The monoisotopic (exact) mass is 411 g/mol. The first kappa shape index (κ1) is 18.2. The first-order valence-corrected chi connectivity index (χ1v) is 8.91. The number of carbonyl (C=O) groups is 2. The maximum atomic E-state index is 12.9. The lowest BCUT2D eigenvalue weighted by molar-refractivity contribution is 0.0692. The highest BCUT2D eigenvalue weighted by Gasteiger charge is 2.27. The number of hydrogen-bond donors (Lipinski definition) is 1. The first-order valence-electron chi connectivity index (χ1n) is 8.15. The lowest BCUT2D eigenvalue weighted by Gasteiger charge is -2.02. The van der Waals surface area contributed by atoms with Crippen molar-refractivity contribution in [1.29, 1.82) is 0 Å². The van der Waals surface area contributed by atoms with Crippen LogP contribution in [0, 0.1) is 0 Å². The molecule has 138 valence electrons. The molecule has 0 radical (unpaired) electrons. The first-order chi connectivity index (χ1) is 13.5.